The Hall–Kier alpha value is -1.78. The van der Waals surface area contributed by atoms with Gasteiger partial charge < -0.3 is 14.8 Å². The summed E-state index contributed by atoms with van der Waals surface area (Å²) in [7, 11) is 0. The van der Waals surface area contributed by atoms with Crippen LogP contribution < -0.4 is 5.32 Å². The zero-order chi connectivity index (χ0) is 12.8. The lowest BCUT2D eigenvalue weighted by Gasteiger charge is -2.17. The van der Waals surface area contributed by atoms with E-state index in [0.717, 1.165) is 5.76 Å². The minimum Gasteiger partial charge on any atom is -0.480 e. The van der Waals surface area contributed by atoms with E-state index < -0.39 is 12.0 Å². The Kier molecular flexibility index (Phi) is 4.75. The molecule has 0 saturated heterocycles. The molecule has 0 fully saturated rings. The molecular weight excluding hydrogens is 222 g/mol. The minimum absolute atomic E-state index is 0.139. The van der Waals surface area contributed by atoms with Crippen LogP contribution in [0, 0.1) is 5.92 Å². The van der Waals surface area contributed by atoms with Crippen LogP contribution in [0.3, 0.4) is 0 Å². The van der Waals surface area contributed by atoms with Crippen LogP contribution in [-0.4, -0.2) is 23.0 Å². The molecule has 0 aliphatic heterocycles. The van der Waals surface area contributed by atoms with Gasteiger partial charge in [0.05, 0.1) is 6.26 Å². The van der Waals surface area contributed by atoms with Crippen molar-refractivity contribution in [3.8, 4) is 0 Å². The first-order valence-electron chi connectivity index (χ1n) is 5.55. The summed E-state index contributed by atoms with van der Waals surface area (Å²) in [6, 6.07) is 2.70. The largest absolute Gasteiger partial charge is 0.480 e. The number of carbonyl (C=O) groups is 2. The van der Waals surface area contributed by atoms with Gasteiger partial charge in [-0.15, -0.1) is 0 Å². The third-order valence-corrected chi connectivity index (χ3v) is 2.43. The van der Waals surface area contributed by atoms with E-state index >= 15 is 0 Å². The van der Waals surface area contributed by atoms with Gasteiger partial charge in [0.15, 0.2) is 0 Å². The molecule has 94 valence electrons. The van der Waals surface area contributed by atoms with Gasteiger partial charge in [-0.2, -0.15) is 0 Å². The summed E-state index contributed by atoms with van der Waals surface area (Å²) in [6.07, 6.45) is 2.24. The van der Waals surface area contributed by atoms with Crippen LogP contribution in [-0.2, 0) is 16.0 Å². The van der Waals surface area contributed by atoms with Crippen molar-refractivity contribution in [2.45, 2.75) is 32.7 Å². The lowest BCUT2D eigenvalue weighted by atomic mass is 10.0. The Morgan fingerprint density at radius 1 is 1.47 bits per heavy atom. The molecule has 17 heavy (non-hydrogen) atoms. The van der Waals surface area contributed by atoms with Crippen molar-refractivity contribution in [1.29, 1.82) is 0 Å². The lowest BCUT2D eigenvalue weighted by Crippen LogP contribution is -2.44. The standard InChI is InChI=1S/C12H17NO4/c1-8(2)11(12(15)16)13-10(14)6-5-9-4-3-7-17-9/h3-4,7-8,11H,5-6H2,1-2H3,(H,13,14)(H,15,16). The van der Waals surface area contributed by atoms with Crippen LogP contribution >= 0.6 is 0 Å². The van der Waals surface area contributed by atoms with Crippen LogP contribution in [0.1, 0.15) is 26.0 Å². The molecular formula is C12H17NO4. The van der Waals surface area contributed by atoms with E-state index in [9.17, 15) is 9.59 Å². The predicted molar refractivity (Wildman–Crippen MR) is 61.4 cm³/mol. The monoisotopic (exact) mass is 239 g/mol. The summed E-state index contributed by atoms with van der Waals surface area (Å²) in [5.41, 5.74) is 0. The van der Waals surface area contributed by atoms with Gasteiger partial charge in [0, 0.05) is 12.8 Å². The number of carbonyl (C=O) groups excluding carboxylic acids is 1. The molecule has 1 unspecified atom stereocenters. The number of furan rings is 1. The maximum Gasteiger partial charge on any atom is 0.326 e. The fraction of sp³-hybridized carbons (Fsp3) is 0.500. The van der Waals surface area contributed by atoms with Gasteiger partial charge in [-0.3, -0.25) is 4.79 Å². The van der Waals surface area contributed by atoms with E-state index in [4.69, 9.17) is 9.52 Å². The van der Waals surface area contributed by atoms with Gasteiger partial charge in [-0.1, -0.05) is 13.8 Å². The van der Waals surface area contributed by atoms with Crippen molar-refractivity contribution in [2.75, 3.05) is 0 Å². The molecule has 2 N–H and O–H groups in total. The smallest absolute Gasteiger partial charge is 0.326 e. The molecule has 0 bridgehead atoms. The van der Waals surface area contributed by atoms with E-state index in [1.54, 1.807) is 32.2 Å². The van der Waals surface area contributed by atoms with Crippen molar-refractivity contribution in [3.63, 3.8) is 0 Å². The van der Waals surface area contributed by atoms with Gasteiger partial charge in [-0.25, -0.2) is 4.79 Å². The fourth-order valence-electron chi connectivity index (χ4n) is 1.45. The van der Waals surface area contributed by atoms with Crippen molar-refractivity contribution in [3.05, 3.63) is 24.2 Å². The molecule has 0 radical (unpaired) electrons. The van der Waals surface area contributed by atoms with Gasteiger partial charge >= 0.3 is 5.97 Å². The SMILES string of the molecule is CC(C)C(NC(=O)CCc1ccco1)C(=O)O. The topological polar surface area (TPSA) is 79.5 Å². The second kappa shape index (κ2) is 6.08. The van der Waals surface area contributed by atoms with Gasteiger partial charge in [0.25, 0.3) is 0 Å². The first-order valence-corrected chi connectivity index (χ1v) is 5.55. The average Bonchev–Trinajstić information content (AvgIpc) is 2.74. The van der Waals surface area contributed by atoms with Crippen molar-refractivity contribution >= 4 is 11.9 Å². The first kappa shape index (κ1) is 13.3. The number of carboxylic acids is 1. The van der Waals surface area contributed by atoms with E-state index in [2.05, 4.69) is 5.32 Å². The van der Waals surface area contributed by atoms with E-state index in [1.165, 1.54) is 0 Å². The van der Waals surface area contributed by atoms with Crippen molar-refractivity contribution in [2.24, 2.45) is 5.92 Å². The maximum atomic E-state index is 11.5. The molecule has 0 aromatic carbocycles. The lowest BCUT2D eigenvalue weighted by molar-refractivity contribution is -0.143. The molecule has 1 amide bonds. The summed E-state index contributed by atoms with van der Waals surface area (Å²) < 4.78 is 5.09. The molecule has 0 aliphatic carbocycles. The molecule has 1 rings (SSSR count). The summed E-state index contributed by atoms with van der Waals surface area (Å²) in [5.74, 6) is -0.703. The molecule has 5 heteroatoms. The Morgan fingerprint density at radius 3 is 2.65 bits per heavy atom. The highest BCUT2D eigenvalue weighted by atomic mass is 16.4. The van der Waals surface area contributed by atoms with Crippen LogP contribution in [0.15, 0.2) is 22.8 Å². The zero-order valence-corrected chi connectivity index (χ0v) is 9.97. The van der Waals surface area contributed by atoms with Crippen LogP contribution in [0.5, 0.6) is 0 Å². The molecule has 1 aromatic heterocycles. The second-order valence-electron chi connectivity index (χ2n) is 4.21. The molecule has 5 nitrogen and oxygen atoms in total. The van der Waals surface area contributed by atoms with E-state index in [1.807, 2.05) is 0 Å². The summed E-state index contributed by atoms with van der Waals surface area (Å²) in [6.45, 7) is 3.51. The Labute approximate surface area is 99.8 Å². The third-order valence-electron chi connectivity index (χ3n) is 2.43. The Balaban J connectivity index is 2.40. The molecule has 0 spiro atoms. The van der Waals surface area contributed by atoms with E-state index in [-0.39, 0.29) is 18.2 Å². The molecule has 0 aliphatic rings. The highest BCUT2D eigenvalue weighted by Gasteiger charge is 2.23. The number of nitrogens with one attached hydrogen (secondary N) is 1. The van der Waals surface area contributed by atoms with Crippen LogP contribution in [0.2, 0.25) is 0 Å². The maximum absolute atomic E-state index is 11.5. The Bertz CT molecular complexity index is 370. The average molecular weight is 239 g/mol. The summed E-state index contributed by atoms with van der Waals surface area (Å²) in [5, 5.41) is 11.4. The minimum atomic E-state index is -1.01. The second-order valence-corrected chi connectivity index (χ2v) is 4.21. The van der Waals surface area contributed by atoms with Crippen molar-refractivity contribution < 1.29 is 19.1 Å². The van der Waals surface area contributed by atoms with Crippen LogP contribution in [0.25, 0.3) is 0 Å². The summed E-state index contributed by atoms with van der Waals surface area (Å²) >= 11 is 0. The van der Waals surface area contributed by atoms with Crippen molar-refractivity contribution in [1.82, 2.24) is 5.32 Å². The number of rotatable bonds is 6. The number of amides is 1. The van der Waals surface area contributed by atoms with Gasteiger partial charge in [0.1, 0.15) is 11.8 Å². The van der Waals surface area contributed by atoms with Crippen LogP contribution in [0.4, 0.5) is 0 Å². The molecule has 0 saturated carbocycles. The van der Waals surface area contributed by atoms with E-state index in [0.29, 0.717) is 6.42 Å². The normalized spacial score (nSPS) is 12.4. The number of aryl methyl sites for hydroxylation is 1. The summed E-state index contributed by atoms with van der Waals surface area (Å²) in [4.78, 5) is 22.4. The molecule has 1 aromatic rings. The highest BCUT2D eigenvalue weighted by molar-refractivity contribution is 5.83. The van der Waals surface area contributed by atoms with Gasteiger partial charge in [0.2, 0.25) is 5.91 Å². The first-order chi connectivity index (χ1) is 8.00. The zero-order valence-electron chi connectivity index (χ0n) is 9.97. The number of carboxylic acid groups (broad SMARTS) is 1. The number of hydrogen-bond donors (Lipinski definition) is 2. The Morgan fingerprint density at radius 2 is 2.18 bits per heavy atom. The molecule has 1 atom stereocenters. The quantitative estimate of drug-likeness (QED) is 0.787. The van der Waals surface area contributed by atoms with Gasteiger partial charge in [-0.05, 0) is 18.1 Å². The highest BCUT2D eigenvalue weighted by Crippen LogP contribution is 2.05. The number of hydrogen-bond acceptors (Lipinski definition) is 3. The fourth-order valence-corrected chi connectivity index (χ4v) is 1.45. The predicted octanol–water partition coefficient (Wildman–Crippen LogP) is 1.44. The molecule has 1 heterocycles. The third kappa shape index (κ3) is 4.30. The number of aliphatic carboxylic acids is 1.